The minimum absolute atomic E-state index is 0.257. The maximum atomic E-state index is 5.00. The van der Waals surface area contributed by atoms with Crippen molar-refractivity contribution in [2.45, 2.75) is 6.10 Å². The number of hydrogen-bond donors (Lipinski definition) is 0. The number of ether oxygens (including phenoxy) is 1. The average Bonchev–Trinajstić information content (AvgIpc) is 2.71. The van der Waals surface area contributed by atoms with E-state index in [1.165, 1.54) is 6.33 Å². The van der Waals surface area contributed by atoms with Crippen LogP contribution in [0.5, 0.6) is 0 Å². The summed E-state index contributed by atoms with van der Waals surface area (Å²) >= 11 is 0. The van der Waals surface area contributed by atoms with E-state index < -0.39 is 0 Å². The van der Waals surface area contributed by atoms with Gasteiger partial charge in [-0.1, -0.05) is 0 Å². The summed E-state index contributed by atoms with van der Waals surface area (Å²) in [7, 11) is 0. The highest BCUT2D eigenvalue weighted by atomic mass is 16.6. The third-order valence-electron chi connectivity index (χ3n) is 1.27. The van der Waals surface area contributed by atoms with E-state index in [2.05, 4.69) is 9.97 Å². The second-order valence-corrected chi connectivity index (χ2v) is 1.96. The van der Waals surface area contributed by atoms with Crippen LogP contribution in [0.2, 0.25) is 0 Å². The molecule has 0 aliphatic carbocycles. The third kappa shape index (κ3) is 0.907. The first-order valence-electron chi connectivity index (χ1n) is 2.84. The van der Waals surface area contributed by atoms with E-state index in [1.807, 2.05) is 6.07 Å². The first-order valence-corrected chi connectivity index (χ1v) is 2.84. The molecule has 1 aromatic heterocycles. The Kier molecular flexibility index (Phi) is 0.960. The molecule has 0 saturated carbocycles. The summed E-state index contributed by atoms with van der Waals surface area (Å²) in [5.41, 5.74) is 0.991. The van der Waals surface area contributed by atoms with Gasteiger partial charge in [0.05, 0.1) is 12.3 Å². The number of epoxide rings is 1. The fraction of sp³-hybridized carbons (Fsp3) is 0.333. The summed E-state index contributed by atoms with van der Waals surface area (Å²) in [6.45, 7) is 0.816. The first kappa shape index (κ1) is 4.88. The van der Waals surface area contributed by atoms with Gasteiger partial charge in [0.25, 0.3) is 0 Å². The van der Waals surface area contributed by atoms with Gasteiger partial charge in [-0.15, -0.1) is 0 Å². The highest BCUT2D eigenvalue weighted by molar-refractivity contribution is 5.06. The monoisotopic (exact) mass is 122 g/mol. The SMILES string of the molecule is c1cc([C@H]2CO2)ncn1. The van der Waals surface area contributed by atoms with Crippen molar-refractivity contribution in [1.29, 1.82) is 0 Å². The smallest absolute Gasteiger partial charge is 0.123 e. The summed E-state index contributed by atoms with van der Waals surface area (Å²) in [6, 6.07) is 1.87. The van der Waals surface area contributed by atoms with Crippen LogP contribution >= 0.6 is 0 Å². The van der Waals surface area contributed by atoms with Gasteiger partial charge in [0.2, 0.25) is 0 Å². The molecule has 1 fully saturated rings. The summed E-state index contributed by atoms with van der Waals surface area (Å²) in [4.78, 5) is 7.79. The highest BCUT2D eigenvalue weighted by Crippen LogP contribution is 2.26. The van der Waals surface area contributed by atoms with E-state index in [0.29, 0.717) is 0 Å². The van der Waals surface area contributed by atoms with Crippen LogP contribution in [0.15, 0.2) is 18.6 Å². The van der Waals surface area contributed by atoms with Crippen LogP contribution < -0.4 is 0 Å². The van der Waals surface area contributed by atoms with Gasteiger partial charge in [0, 0.05) is 6.20 Å². The van der Waals surface area contributed by atoms with Crippen molar-refractivity contribution in [2.75, 3.05) is 6.61 Å². The zero-order chi connectivity index (χ0) is 6.10. The normalized spacial score (nSPS) is 23.8. The molecule has 0 bridgehead atoms. The Morgan fingerprint density at radius 3 is 3.11 bits per heavy atom. The largest absolute Gasteiger partial charge is 0.366 e. The minimum Gasteiger partial charge on any atom is -0.366 e. The van der Waals surface area contributed by atoms with Gasteiger partial charge in [-0.3, -0.25) is 0 Å². The molecule has 1 atom stereocenters. The predicted octanol–water partition coefficient (Wildman–Crippen LogP) is 0.548. The van der Waals surface area contributed by atoms with E-state index in [-0.39, 0.29) is 6.10 Å². The van der Waals surface area contributed by atoms with Gasteiger partial charge < -0.3 is 4.74 Å². The molecule has 1 aliphatic rings. The fourth-order valence-electron chi connectivity index (χ4n) is 0.710. The molecule has 2 rings (SSSR count). The Labute approximate surface area is 52.7 Å². The molecule has 0 spiro atoms. The number of hydrogen-bond acceptors (Lipinski definition) is 3. The van der Waals surface area contributed by atoms with Crippen LogP contribution in [0.1, 0.15) is 11.8 Å². The fourth-order valence-corrected chi connectivity index (χ4v) is 0.710. The predicted molar refractivity (Wildman–Crippen MR) is 30.7 cm³/mol. The molecule has 0 radical (unpaired) electrons. The molecule has 0 unspecified atom stereocenters. The van der Waals surface area contributed by atoms with Gasteiger partial charge in [0.1, 0.15) is 12.4 Å². The molecular weight excluding hydrogens is 116 g/mol. The Morgan fingerprint density at radius 2 is 2.56 bits per heavy atom. The minimum atomic E-state index is 0.257. The molecule has 1 aliphatic heterocycles. The number of aromatic nitrogens is 2. The molecule has 1 saturated heterocycles. The van der Waals surface area contributed by atoms with Crippen molar-refractivity contribution in [1.82, 2.24) is 9.97 Å². The van der Waals surface area contributed by atoms with Crippen LogP contribution in [0.4, 0.5) is 0 Å². The lowest BCUT2D eigenvalue weighted by Crippen LogP contribution is -1.85. The molecule has 0 N–H and O–H groups in total. The lowest BCUT2D eigenvalue weighted by Gasteiger charge is -1.88. The van der Waals surface area contributed by atoms with Gasteiger partial charge in [-0.05, 0) is 6.07 Å². The zero-order valence-corrected chi connectivity index (χ0v) is 4.82. The molecule has 9 heavy (non-hydrogen) atoms. The van der Waals surface area contributed by atoms with Crippen molar-refractivity contribution in [3.63, 3.8) is 0 Å². The van der Waals surface area contributed by atoms with Gasteiger partial charge in [-0.2, -0.15) is 0 Å². The first-order chi connectivity index (χ1) is 4.47. The van der Waals surface area contributed by atoms with Gasteiger partial charge in [0.15, 0.2) is 0 Å². The lowest BCUT2D eigenvalue weighted by molar-refractivity contribution is 0.411. The molecular formula is C6H6N2O. The highest BCUT2D eigenvalue weighted by Gasteiger charge is 2.25. The van der Waals surface area contributed by atoms with Gasteiger partial charge >= 0.3 is 0 Å². The van der Waals surface area contributed by atoms with Crippen LogP contribution in [0.25, 0.3) is 0 Å². The van der Waals surface area contributed by atoms with Crippen LogP contribution in [0, 0.1) is 0 Å². The van der Waals surface area contributed by atoms with Crippen molar-refractivity contribution in [2.24, 2.45) is 0 Å². The maximum absolute atomic E-state index is 5.00. The number of rotatable bonds is 1. The molecule has 2 heterocycles. The van der Waals surface area contributed by atoms with Crippen molar-refractivity contribution >= 4 is 0 Å². The van der Waals surface area contributed by atoms with Crippen molar-refractivity contribution < 1.29 is 4.74 Å². The van der Waals surface area contributed by atoms with Crippen LogP contribution in [-0.2, 0) is 4.74 Å². The summed E-state index contributed by atoms with van der Waals surface area (Å²) in [5.74, 6) is 0. The summed E-state index contributed by atoms with van der Waals surface area (Å²) in [5, 5.41) is 0. The van der Waals surface area contributed by atoms with E-state index in [0.717, 1.165) is 12.3 Å². The molecule has 0 amide bonds. The second kappa shape index (κ2) is 1.77. The maximum Gasteiger partial charge on any atom is 0.123 e. The van der Waals surface area contributed by atoms with E-state index in [1.54, 1.807) is 6.20 Å². The Hall–Kier alpha value is -0.960. The Balaban J connectivity index is 2.29. The zero-order valence-electron chi connectivity index (χ0n) is 4.82. The summed E-state index contributed by atoms with van der Waals surface area (Å²) < 4.78 is 5.00. The molecule has 46 valence electrons. The number of nitrogens with zero attached hydrogens (tertiary/aromatic N) is 2. The van der Waals surface area contributed by atoms with Crippen LogP contribution in [-0.4, -0.2) is 16.6 Å². The van der Waals surface area contributed by atoms with E-state index in [4.69, 9.17) is 4.74 Å². The molecule has 3 nitrogen and oxygen atoms in total. The van der Waals surface area contributed by atoms with Crippen molar-refractivity contribution in [3.05, 3.63) is 24.3 Å². The molecule has 3 heteroatoms. The standard InChI is InChI=1S/C6H6N2O/c1-2-7-4-8-5(1)6-3-9-6/h1-2,4,6H,3H2/t6-/m1/s1. The second-order valence-electron chi connectivity index (χ2n) is 1.96. The van der Waals surface area contributed by atoms with Crippen molar-refractivity contribution in [3.8, 4) is 0 Å². The summed E-state index contributed by atoms with van der Waals surface area (Å²) in [6.07, 6.45) is 3.52. The average molecular weight is 122 g/mol. The quantitative estimate of drug-likeness (QED) is 0.510. The Bertz CT molecular complexity index is 195. The Morgan fingerprint density at radius 1 is 1.67 bits per heavy atom. The van der Waals surface area contributed by atoms with Crippen LogP contribution in [0.3, 0.4) is 0 Å². The molecule has 0 aromatic carbocycles. The molecule has 1 aromatic rings. The van der Waals surface area contributed by atoms with E-state index in [9.17, 15) is 0 Å². The lowest BCUT2D eigenvalue weighted by atomic mass is 10.3. The van der Waals surface area contributed by atoms with Gasteiger partial charge in [-0.25, -0.2) is 9.97 Å². The van der Waals surface area contributed by atoms with E-state index >= 15 is 0 Å². The third-order valence-corrected chi connectivity index (χ3v) is 1.27. The topological polar surface area (TPSA) is 38.3 Å².